The molecular weight excluding hydrogens is 320 g/mol. The van der Waals surface area contributed by atoms with Crippen LogP contribution < -0.4 is 14.4 Å². The average Bonchev–Trinajstić information content (AvgIpc) is 3.12. The van der Waals surface area contributed by atoms with Crippen molar-refractivity contribution in [2.24, 2.45) is 0 Å². The molecule has 0 radical (unpaired) electrons. The lowest BCUT2D eigenvalue weighted by Gasteiger charge is -2.11. The predicted octanol–water partition coefficient (Wildman–Crippen LogP) is 3.80. The third kappa shape index (κ3) is 3.24. The molecule has 0 unspecified atom stereocenters. The number of hydrogen-bond acceptors (Lipinski definition) is 6. The molecule has 0 atom stereocenters. The minimum Gasteiger partial charge on any atom is -0.502 e. The summed E-state index contributed by atoms with van der Waals surface area (Å²) in [6.45, 7) is 0. The van der Waals surface area contributed by atoms with E-state index in [-0.39, 0.29) is 5.75 Å². The molecule has 6 heteroatoms. The lowest BCUT2D eigenvalue weighted by molar-refractivity contribution is 0.340. The number of phenols is 1. The van der Waals surface area contributed by atoms with Gasteiger partial charge in [0.2, 0.25) is 11.6 Å². The van der Waals surface area contributed by atoms with Gasteiger partial charge >= 0.3 is 0 Å². The highest BCUT2D eigenvalue weighted by Gasteiger charge is 2.15. The number of aromatic nitrogens is 1. The summed E-state index contributed by atoms with van der Waals surface area (Å²) in [7, 11) is 6.95. The van der Waals surface area contributed by atoms with Gasteiger partial charge in [-0.25, -0.2) is 4.98 Å². The highest BCUT2D eigenvalue weighted by molar-refractivity contribution is 5.69. The van der Waals surface area contributed by atoms with Crippen LogP contribution in [0.5, 0.6) is 17.2 Å². The van der Waals surface area contributed by atoms with Crippen LogP contribution in [0.2, 0.25) is 0 Å². The second-order valence-corrected chi connectivity index (χ2v) is 5.71. The van der Waals surface area contributed by atoms with Crippen molar-refractivity contribution >= 4 is 5.69 Å². The van der Waals surface area contributed by atoms with E-state index in [9.17, 15) is 5.11 Å². The molecule has 25 heavy (non-hydrogen) atoms. The first kappa shape index (κ1) is 16.7. The fourth-order valence-corrected chi connectivity index (χ4v) is 2.48. The minimum atomic E-state index is -0.0447. The number of ether oxygens (including phenoxy) is 2. The second-order valence-electron chi connectivity index (χ2n) is 5.71. The number of anilines is 1. The van der Waals surface area contributed by atoms with Crippen LogP contribution >= 0.6 is 0 Å². The quantitative estimate of drug-likeness (QED) is 0.762. The molecule has 0 saturated carbocycles. The maximum atomic E-state index is 10.0. The van der Waals surface area contributed by atoms with Gasteiger partial charge in [-0.1, -0.05) is 0 Å². The minimum absolute atomic E-state index is 0.0447. The van der Waals surface area contributed by atoms with Crippen LogP contribution in [0.25, 0.3) is 22.7 Å². The topological polar surface area (TPSA) is 68.0 Å². The average molecular weight is 340 g/mol. The number of aromatic hydroxyl groups is 1. The van der Waals surface area contributed by atoms with Crippen molar-refractivity contribution in [3.8, 4) is 40.0 Å². The van der Waals surface area contributed by atoms with E-state index in [0.29, 0.717) is 23.1 Å². The Kier molecular flexibility index (Phi) is 4.52. The standard InChI is InChI=1S/C19H20N2O4/c1-21(2)14-7-5-12(6-8-14)19-20-15(11-25-19)13-9-16(23-3)18(22)17(10-13)24-4/h5-11,22H,1-4H3. The summed E-state index contributed by atoms with van der Waals surface area (Å²) in [6.07, 6.45) is 1.57. The molecular formula is C19H20N2O4. The van der Waals surface area contributed by atoms with E-state index in [4.69, 9.17) is 13.9 Å². The smallest absolute Gasteiger partial charge is 0.226 e. The van der Waals surface area contributed by atoms with Crippen LogP contribution in [0.3, 0.4) is 0 Å². The van der Waals surface area contributed by atoms with Gasteiger partial charge in [0.25, 0.3) is 0 Å². The molecule has 0 fully saturated rings. The number of oxazole rings is 1. The molecule has 0 aliphatic carbocycles. The van der Waals surface area contributed by atoms with Crippen LogP contribution in [0.15, 0.2) is 47.1 Å². The number of phenolic OH excluding ortho intramolecular Hbond substituents is 1. The van der Waals surface area contributed by atoms with Gasteiger partial charge in [-0.3, -0.25) is 0 Å². The van der Waals surface area contributed by atoms with Crippen LogP contribution in [0, 0.1) is 0 Å². The van der Waals surface area contributed by atoms with Crippen molar-refractivity contribution in [3.63, 3.8) is 0 Å². The maximum absolute atomic E-state index is 10.0. The van der Waals surface area contributed by atoms with Crippen molar-refractivity contribution in [1.82, 2.24) is 4.98 Å². The Labute approximate surface area is 146 Å². The van der Waals surface area contributed by atoms with Crippen LogP contribution in [0.4, 0.5) is 5.69 Å². The number of nitrogens with zero attached hydrogens (tertiary/aromatic N) is 2. The first-order chi connectivity index (χ1) is 12.0. The molecule has 3 aromatic rings. The molecule has 1 heterocycles. The van der Waals surface area contributed by atoms with Crippen molar-refractivity contribution < 1.29 is 19.0 Å². The van der Waals surface area contributed by atoms with Crippen LogP contribution in [0.1, 0.15) is 0 Å². The summed E-state index contributed by atoms with van der Waals surface area (Å²) >= 11 is 0. The number of methoxy groups -OCH3 is 2. The zero-order valence-corrected chi connectivity index (χ0v) is 14.6. The lowest BCUT2D eigenvalue weighted by Crippen LogP contribution is -2.07. The third-order valence-electron chi connectivity index (χ3n) is 3.91. The molecule has 1 N–H and O–H groups in total. The Morgan fingerprint density at radius 3 is 2.08 bits per heavy atom. The largest absolute Gasteiger partial charge is 0.502 e. The van der Waals surface area contributed by atoms with Crippen molar-refractivity contribution in [2.75, 3.05) is 33.2 Å². The molecule has 0 aliphatic heterocycles. The first-order valence-corrected chi connectivity index (χ1v) is 7.72. The summed E-state index contributed by atoms with van der Waals surface area (Å²) in [5.74, 6) is 1.10. The van der Waals surface area contributed by atoms with Gasteiger partial charge in [-0.15, -0.1) is 0 Å². The fraction of sp³-hybridized carbons (Fsp3) is 0.211. The molecule has 0 aliphatic rings. The molecule has 6 nitrogen and oxygen atoms in total. The molecule has 0 spiro atoms. The Morgan fingerprint density at radius 2 is 1.56 bits per heavy atom. The monoisotopic (exact) mass is 340 g/mol. The van der Waals surface area contributed by atoms with Crippen molar-refractivity contribution in [1.29, 1.82) is 0 Å². The predicted molar refractivity (Wildman–Crippen MR) is 96.5 cm³/mol. The van der Waals surface area contributed by atoms with E-state index in [0.717, 1.165) is 16.8 Å². The molecule has 2 aromatic carbocycles. The van der Waals surface area contributed by atoms with E-state index in [1.807, 2.05) is 43.3 Å². The van der Waals surface area contributed by atoms with Gasteiger partial charge in [0.1, 0.15) is 12.0 Å². The molecule has 0 saturated heterocycles. The Bertz CT molecular complexity index is 844. The van der Waals surface area contributed by atoms with E-state index >= 15 is 0 Å². The first-order valence-electron chi connectivity index (χ1n) is 7.72. The SMILES string of the molecule is COc1cc(-c2coc(-c3ccc(N(C)C)cc3)n2)cc(OC)c1O. The molecule has 130 valence electrons. The van der Waals surface area contributed by atoms with Gasteiger partial charge in [0, 0.05) is 30.9 Å². The van der Waals surface area contributed by atoms with E-state index in [1.165, 1.54) is 14.2 Å². The third-order valence-corrected chi connectivity index (χ3v) is 3.91. The maximum Gasteiger partial charge on any atom is 0.226 e. The van der Waals surface area contributed by atoms with Crippen LogP contribution in [-0.2, 0) is 0 Å². The van der Waals surface area contributed by atoms with E-state index < -0.39 is 0 Å². The molecule has 3 rings (SSSR count). The summed E-state index contributed by atoms with van der Waals surface area (Å²) < 4.78 is 16.0. The normalized spacial score (nSPS) is 10.6. The van der Waals surface area contributed by atoms with Gasteiger partial charge in [-0.2, -0.15) is 0 Å². The highest BCUT2D eigenvalue weighted by atomic mass is 16.5. The Balaban J connectivity index is 1.96. The Morgan fingerprint density at radius 1 is 0.960 bits per heavy atom. The lowest BCUT2D eigenvalue weighted by atomic mass is 10.1. The number of benzene rings is 2. The van der Waals surface area contributed by atoms with Crippen molar-refractivity contribution in [2.45, 2.75) is 0 Å². The van der Waals surface area contributed by atoms with Gasteiger partial charge in [0.05, 0.1) is 14.2 Å². The zero-order chi connectivity index (χ0) is 18.0. The van der Waals surface area contributed by atoms with Crippen molar-refractivity contribution in [3.05, 3.63) is 42.7 Å². The zero-order valence-electron chi connectivity index (χ0n) is 14.6. The number of hydrogen-bond donors (Lipinski definition) is 1. The summed E-state index contributed by atoms with van der Waals surface area (Å²) in [4.78, 5) is 6.56. The van der Waals surface area contributed by atoms with Gasteiger partial charge in [0.15, 0.2) is 11.5 Å². The van der Waals surface area contributed by atoms with Gasteiger partial charge in [-0.05, 0) is 36.4 Å². The number of rotatable bonds is 5. The van der Waals surface area contributed by atoms with E-state index in [1.54, 1.807) is 18.4 Å². The second kappa shape index (κ2) is 6.76. The summed E-state index contributed by atoms with van der Waals surface area (Å²) in [5, 5.41) is 10.0. The molecule has 0 bridgehead atoms. The summed E-state index contributed by atoms with van der Waals surface area (Å²) in [5.41, 5.74) is 3.34. The highest BCUT2D eigenvalue weighted by Crippen LogP contribution is 2.40. The molecule has 0 amide bonds. The Hall–Kier alpha value is -3.15. The van der Waals surface area contributed by atoms with Gasteiger partial charge < -0.3 is 23.9 Å². The molecule has 1 aromatic heterocycles. The summed E-state index contributed by atoms with van der Waals surface area (Å²) in [6, 6.07) is 11.3. The van der Waals surface area contributed by atoms with E-state index in [2.05, 4.69) is 4.98 Å². The fourth-order valence-electron chi connectivity index (χ4n) is 2.48. The van der Waals surface area contributed by atoms with Crippen LogP contribution in [-0.4, -0.2) is 38.4 Å².